The van der Waals surface area contributed by atoms with Gasteiger partial charge in [0.05, 0.1) is 12.7 Å². The molecule has 5 heteroatoms. The van der Waals surface area contributed by atoms with E-state index in [1.54, 1.807) is 12.1 Å². The standard InChI is InChI=1S/C11H11FN2OS/c1-6-10(13)14-11(16-6)9-7(12)4-3-5-8(9)15-2/h3-5H,13H2,1-2H3. The molecular formula is C11H11FN2OS. The molecule has 3 nitrogen and oxygen atoms in total. The number of nitrogens with zero attached hydrogens (tertiary/aromatic N) is 1. The molecular weight excluding hydrogens is 227 g/mol. The van der Waals surface area contributed by atoms with Gasteiger partial charge in [-0.05, 0) is 19.1 Å². The number of benzene rings is 1. The van der Waals surface area contributed by atoms with Crippen LogP contribution in [0.3, 0.4) is 0 Å². The van der Waals surface area contributed by atoms with Crippen LogP contribution in [0.15, 0.2) is 18.2 Å². The molecule has 2 aromatic rings. The third kappa shape index (κ3) is 1.74. The molecule has 1 aromatic carbocycles. The number of ether oxygens (including phenoxy) is 1. The second kappa shape index (κ2) is 4.09. The molecule has 2 rings (SSSR count). The van der Waals surface area contributed by atoms with Crippen molar-refractivity contribution in [2.75, 3.05) is 12.8 Å². The minimum atomic E-state index is -0.354. The fourth-order valence-electron chi connectivity index (χ4n) is 1.40. The highest BCUT2D eigenvalue weighted by molar-refractivity contribution is 7.15. The van der Waals surface area contributed by atoms with Crippen molar-refractivity contribution < 1.29 is 9.13 Å². The van der Waals surface area contributed by atoms with Gasteiger partial charge in [-0.1, -0.05) is 6.07 Å². The second-order valence-electron chi connectivity index (χ2n) is 3.28. The minimum absolute atomic E-state index is 0.354. The van der Waals surface area contributed by atoms with Crippen LogP contribution in [0.1, 0.15) is 4.88 Å². The molecule has 0 amide bonds. The first kappa shape index (κ1) is 10.9. The Balaban J connectivity index is 2.62. The highest BCUT2D eigenvalue weighted by Gasteiger charge is 2.16. The van der Waals surface area contributed by atoms with E-state index in [9.17, 15) is 4.39 Å². The van der Waals surface area contributed by atoms with Gasteiger partial charge >= 0.3 is 0 Å². The first-order valence-electron chi connectivity index (χ1n) is 4.69. The fourth-order valence-corrected chi connectivity index (χ4v) is 2.28. The zero-order chi connectivity index (χ0) is 11.7. The molecule has 0 aliphatic rings. The lowest BCUT2D eigenvalue weighted by atomic mass is 10.2. The van der Waals surface area contributed by atoms with Crippen molar-refractivity contribution in [3.8, 4) is 16.3 Å². The van der Waals surface area contributed by atoms with Crippen LogP contribution in [0.5, 0.6) is 5.75 Å². The molecule has 0 unspecified atom stereocenters. The van der Waals surface area contributed by atoms with E-state index in [0.29, 0.717) is 22.1 Å². The number of rotatable bonds is 2. The topological polar surface area (TPSA) is 48.1 Å². The number of nitrogen functional groups attached to an aromatic ring is 1. The molecule has 0 saturated carbocycles. The fraction of sp³-hybridized carbons (Fsp3) is 0.182. The zero-order valence-electron chi connectivity index (χ0n) is 8.95. The summed E-state index contributed by atoms with van der Waals surface area (Å²) in [6, 6.07) is 4.68. The molecule has 0 fully saturated rings. The molecule has 1 aromatic heterocycles. The molecule has 0 bridgehead atoms. The van der Waals surface area contributed by atoms with E-state index in [4.69, 9.17) is 10.5 Å². The number of hydrogen-bond donors (Lipinski definition) is 1. The zero-order valence-corrected chi connectivity index (χ0v) is 9.77. The van der Waals surface area contributed by atoms with Crippen molar-refractivity contribution in [1.82, 2.24) is 4.98 Å². The molecule has 1 heterocycles. The van der Waals surface area contributed by atoms with Gasteiger partial charge in [-0.25, -0.2) is 9.37 Å². The monoisotopic (exact) mass is 238 g/mol. The van der Waals surface area contributed by atoms with Crippen LogP contribution in [-0.4, -0.2) is 12.1 Å². The summed E-state index contributed by atoms with van der Waals surface area (Å²) in [6.07, 6.45) is 0. The smallest absolute Gasteiger partial charge is 0.138 e. The molecule has 84 valence electrons. The van der Waals surface area contributed by atoms with Gasteiger partial charge in [0.25, 0.3) is 0 Å². The predicted molar refractivity (Wildman–Crippen MR) is 63.2 cm³/mol. The molecule has 0 aliphatic carbocycles. The van der Waals surface area contributed by atoms with Crippen molar-refractivity contribution in [2.24, 2.45) is 0 Å². The largest absolute Gasteiger partial charge is 0.496 e. The summed E-state index contributed by atoms with van der Waals surface area (Å²) in [5.41, 5.74) is 6.03. The van der Waals surface area contributed by atoms with E-state index in [1.165, 1.54) is 24.5 Å². The van der Waals surface area contributed by atoms with Gasteiger partial charge in [-0.3, -0.25) is 0 Å². The summed E-state index contributed by atoms with van der Waals surface area (Å²) in [6.45, 7) is 1.85. The highest BCUT2D eigenvalue weighted by atomic mass is 32.1. The molecule has 0 saturated heterocycles. The Kier molecular flexibility index (Phi) is 2.78. The lowest BCUT2D eigenvalue weighted by molar-refractivity contribution is 0.413. The van der Waals surface area contributed by atoms with Gasteiger partial charge < -0.3 is 10.5 Å². The number of aryl methyl sites for hydroxylation is 1. The number of halogens is 1. The van der Waals surface area contributed by atoms with Crippen LogP contribution in [0, 0.1) is 12.7 Å². The lowest BCUT2D eigenvalue weighted by Gasteiger charge is -2.06. The SMILES string of the molecule is COc1cccc(F)c1-c1nc(N)c(C)s1. The van der Waals surface area contributed by atoms with Crippen LogP contribution >= 0.6 is 11.3 Å². The van der Waals surface area contributed by atoms with Crippen LogP contribution in [0.4, 0.5) is 10.2 Å². The van der Waals surface area contributed by atoms with Crippen molar-refractivity contribution >= 4 is 17.2 Å². The highest BCUT2D eigenvalue weighted by Crippen LogP contribution is 2.36. The summed E-state index contributed by atoms with van der Waals surface area (Å²) >= 11 is 1.36. The van der Waals surface area contributed by atoms with Crippen LogP contribution in [0.25, 0.3) is 10.6 Å². The summed E-state index contributed by atoms with van der Waals surface area (Å²) in [5, 5.41) is 0.546. The van der Waals surface area contributed by atoms with Crippen LogP contribution < -0.4 is 10.5 Å². The Hall–Kier alpha value is -1.62. The number of hydrogen-bond acceptors (Lipinski definition) is 4. The van der Waals surface area contributed by atoms with Crippen molar-refractivity contribution in [1.29, 1.82) is 0 Å². The molecule has 2 N–H and O–H groups in total. The Bertz CT molecular complexity index is 505. The maximum Gasteiger partial charge on any atom is 0.138 e. The Morgan fingerprint density at radius 3 is 2.75 bits per heavy atom. The van der Waals surface area contributed by atoms with Gasteiger partial charge in [-0.15, -0.1) is 11.3 Å². The Morgan fingerprint density at radius 1 is 1.44 bits per heavy atom. The summed E-state index contributed by atoms with van der Waals surface area (Å²) in [5.74, 6) is 0.548. The normalized spacial score (nSPS) is 10.4. The number of thiazole rings is 1. The van der Waals surface area contributed by atoms with Crippen molar-refractivity contribution in [3.05, 3.63) is 28.9 Å². The van der Waals surface area contributed by atoms with E-state index in [1.807, 2.05) is 6.92 Å². The van der Waals surface area contributed by atoms with Gasteiger partial charge in [0.15, 0.2) is 0 Å². The molecule has 16 heavy (non-hydrogen) atoms. The Labute approximate surface area is 96.7 Å². The summed E-state index contributed by atoms with van der Waals surface area (Å²) in [7, 11) is 1.50. The minimum Gasteiger partial charge on any atom is -0.496 e. The number of nitrogens with two attached hydrogens (primary N) is 1. The van der Waals surface area contributed by atoms with E-state index in [0.717, 1.165) is 4.88 Å². The van der Waals surface area contributed by atoms with Gasteiger partial charge in [0.2, 0.25) is 0 Å². The number of anilines is 1. The average molecular weight is 238 g/mol. The lowest BCUT2D eigenvalue weighted by Crippen LogP contribution is -1.92. The van der Waals surface area contributed by atoms with E-state index in [2.05, 4.69) is 4.98 Å². The summed E-state index contributed by atoms with van der Waals surface area (Å²) < 4.78 is 18.8. The number of methoxy groups -OCH3 is 1. The third-order valence-electron chi connectivity index (χ3n) is 2.24. The Morgan fingerprint density at radius 2 is 2.19 bits per heavy atom. The van der Waals surface area contributed by atoms with E-state index in [-0.39, 0.29) is 5.82 Å². The number of aromatic nitrogens is 1. The molecule has 0 atom stereocenters. The van der Waals surface area contributed by atoms with Crippen LogP contribution in [-0.2, 0) is 0 Å². The van der Waals surface area contributed by atoms with Gasteiger partial charge in [0, 0.05) is 4.88 Å². The molecule has 0 spiro atoms. The maximum atomic E-state index is 13.7. The van der Waals surface area contributed by atoms with Gasteiger partial charge in [-0.2, -0.15) is 0 Å². The van der Waals surface area contributed by atoms with Crippen molar-refractivity contribution in [2.45, 2.75) is 6.92 Å². The van der Waals surface area contributed by atoms with E-state index >= 15 is 0 Å². The van der Waals surface area contributed by atoms with E-state index < -0.39 is 0 Å². The predicted octanol–water partition coefficient (Wildman–Crippen LogP) is 2.85. The third-order valence-corrected chi connectivity index (χ3v) is 3.25. The molecule has 0 aliphatic heterocycles. The van der Waals surface area contributed by atoms with Gasteiger partial charge in [0.1, 0.15) is 22.4 Å². The first-order valence-corrected chi connectivity index (χ1v) is 5.51. The van der Waals surface area contributed by atoms with Crippen molar-refractivity contribution in [3.63, 3.8) is 0 Å². The average Bonchev–Trinajstić information content (AvgIpc) is 2.58. The maximum absolute atomic E-state index is 13.7. The van der Waals surface area contributed by atoms with Crippen LogP contribution in [0.2, 0.25) is 0 Å². The second-order valence-corrected chi connectivity index (χ2v) is 4.48. The first-order chi connectivity index (χ1) is 7.63. The summed E-state index contributed by atoms with van der Waals surface area (Å²) in [4.78, 5) is 5.00. The molecule has 0 radical (unpaired) electrons. The quantitative estimate of drug-likeness (QED) is 0.875.